The van der Waals surface area contributed by atoms with Crippen LogP contribution in [-0.2, 0) is 0 Å². The highest BCUT2D eigenvalue weighted by Crippen LogP contribution is 2.32. The van der Waals surface area contributed by atoms with Gasteiger partial charge in [-0.3, -0.25) is 10.1 Å². The Bertz CT molecular complexity index is 646. The van der Waals surface area contributed by atoms with Crippen LogP contribution in [0.15, 0.2) is 36.5 Å². The summed E-state index contributed by atoms with van der Waals surface area (Å²) in [6, 6.07) is 7.37. The van der Waals surface area contributed by atoms with Gasteiger partial charge in [-0.05, 0) is 25.1 Å². The molecule has 0 saturated carbocycles. The van der Waals surface area contributed by atoms with E-state index in [1.165, 1.54) is 24.4 Å². The Hall–Kier alpha value is -2.18. The topological polar surface area (TPSA) is 85.5 Å². The van der Waals surface area contributed by atoms with Crippen molar-refractivity contribution in [1.82, 2.24) is 4.98 Å². The van der Waals surface area contributed by atoms with Gasteiger partial charge in [0.25, 0.3) is 5.69 Å². The van der Waals surface area contributed by atoms with E-state index in [0.717, 1.165) is 0 Å². The summed E-state index contributed by atoms with van der Waals surface area (Å²) < 4.78 is 5.51. The van der Waals surface area contributed by atoms with E-state index >= 15 is 0 Å². The van der Waals surface area contributed by atoms with Crippen molar-refractivity contribution < 1.29 is 14.8 Å². The van der Waals surface area contributed by atoms with E-state index in [0.29, 0.717) is 11.3 Å². The van der Waals surface area contributed by atoms with Gasteiger partial charge in [0.15, 0.2) is 0 Å². The standard InChI is InChI=1S/C13H11ClN2O4/c1-8(17)10-3-2-6-15-13(10)20-9-4-5-12(16(18)19)11(14)7-9/h2-8,17H,1H3/t8-/m0/s1. The van der Waals surface area contributed by atoms with E-state index in [-0.39, 0.29) is 16.6 Å². The highest BCUT2D eigenvalue weighted by Gasteiger charge is 2.15. The van der Waals surface area contributed by atoms with Crippen molar-refractivity contribution in [2.45, 2.75) is 13.0 Å². The zero-order valence-corrected chi connectivity index (χ0v) is 11.2. The Balaban J connectivity index is 2.31. The molecule has 2 rings (SSSR count). The number of benzene rings is 1. The lowest BCUT2D eigenvalue weighted by Crippen LogP contribution is -1.98. The van der Waals surface area contributed by atoms with Crippen LogP contribution in [0.5, 0.6) is 11.6 Å². The van der Waals surface area contributed by atoms with Crippen LogP contribution in [0.2, 0.25) is 5.02 Å². The summed E-state index contributed by atoms with van der Waals surface area (Å²) in [7, 11) is 0. The molecule has 1 aromatic carbocycles. The minimum Gasteiger partial charge on any atom is -0.439 e. The van der Waals surface area contributed by atoms with Crippen molar-refractivity contribution in [3.63, 3.8) is 0 Å². The summed E-state index contributed by atoms with van der Waals surface area (Å²) in [6.07, 6.45) is 0.779. The molecule has 1 atom stereocenters. The van der Waals surface area contributed by atoms with Crippen LogP contribution in [-0.4, -0.2) is 15.0 Å². The maximum atomic E-state index is 10.7. The van der Waals surface area contributed by atoms with Crippen molar-refractivity contribution in [1.29, 1.82) is 0 Å². The number of halogens is 1. The number of nitro benzene ring substituents is 1. The number of aromatic nitrogens is 1. The Morgan fingerprint density at radius 2 is 2.20 bits per heavy atom. The van der Waals surface area contributed by atoms with Crippen LogP contribution in [0.25, 0.3) is 0 Å². The molecular formula is C13H11ClN2O4. The first-order chi connectivity index (χ1) is 9.49. The third-order valence-corrected chi connectivity index (χ3v) is 2.88. The molecule has 0 fully saturated rings. The number of hydrogen-bond acceptors (Lipinski definition) is 5. The number of rotatable bonds is 4. The molecule has 0 aliphatic carbocycles. The lowest BCUT2D eigenvalue weighted by atomic mass is 10.2. The lowest BCUT2D eigenvalue weighted by Gasteiger charge is -2.11. The van der Waals surface area contributed by atoms with E-state index < -0.39 is 11.0 Å². The molecule has 104 valence electrons. The van der Waals surface area contributed by atoms with Gasteiger partial charge < -0.3 is 9.84 Å². The third-order valence-electron chi connectivity index (χ3n) is 2.58. The molecule has 0 radical (unpaired) electrons. The summed E-state index contributed by atoms with van der Waals surface area (Å²) >= 11 is 5.80. The molecule has 7 heteroatoms. The van der Waals surface area contributed by atoms with Crippen LogP contribution in [0, 0.1) is 10.1 Å². The summed E-state index contributed by atoms with van der Waals surface area (Å²) in [5, 5.41) is 20.3. The molecular weight excluding hydrogens is 284 g/mol. The van der Waals surface area contributed by atoms with Crippen LogP contribution in [0.1, 0.15) is 18.6 Å². The number of ether oxygens (including phenoxy) is 1. The van der Waals surface area contributed by atoms with E-state index in [2.05, 4.69) is 4.98 Å². The van der Waals surface area contributed by atoms with Crippen LogP contribution < -0.4 is 4.74 Å². The maximum absolute atomic E-state index is 10.7. The van der Waals surface area contributed by atoms with Crippen LogP contribution >= 0.6 is 11.6 Å². The van der Waals surface area contributed by atoms with Gasteiger partial charge in [-0.15, -0.1) is 0 Å². The van der Waals surface area contributed by atoms with Crippen molar-refractivity contribution >= 4 is 17.3 Å². The average molecular weight is 295 g/mol. The molecule has 0 bridgehead atoms. The fourth-order valence-corrected chi connectivity index (χ4v) is 1.86. The molecule has 0 unspecified atom stereocenters. The number of hydrogen-bond donors (Lipinski definition) is 1. The number of pyridine rings is 1. The fourth-order valence-electron chi connectivity index (χ4n) is 1.62. The molecule has 20 heavy (non-hydrogen) atoms. The summed E-state index contributed by atoms with van der Waals surface area (Å²) in [5.41, 5.74) is 0.317. The van der Waals surface area contributed by atoms with Gasteiger partial charge in [0.1, 0.15) is 10.8 Å². The highest BCUT2D eigenvalue weighted by atomic mass is 35.5. The third kappa shape index (κ3) is 3.04. The smallest absolute Gasteiger partial charge is 0.288 e. The second-order valence-corrected chi connectivity index (χ2v) is 4.45. The summed E-state index contributed by atoms with van der Waals surface area (Å²) in [5.74, 6) is 0.536. The molecule has 0 aliphatic rings. The first-order valence-corrected chi connectivity index (χ1v) is 6.11. The molecule has 0 spiro atoms. The van der Waals surface area contributed by atoms with Gasteiger partial charge in [-0.1, -0.05) is 11.6 Å². The van der Waals surface area contributed by atoms with E-state index in [1.807, 2.05) is 0 Å². The molecule has 1 N–H and O–H groups in total. The molecule has 0 amide bonds. The van der Waals surface area contributed by atoms with E-state index in [9.17, 15) is 15.2 Å². The maximum Gasteiger partial charge on any atom is 0.288 e. The van der Waals surface area contributed by atoms with Gasteiger partial charge in [0, 0.05) is 23.9 Å². The molecule has 2 aromatic rings. The van der Waals surface area contributed by atoms with Gasteiger partial charge in [0.05, 0.1) is 11.0 Å². The minimum atomic E-state index is -0.743. The Morgan fingerprint density at radius 1 is 1.45 bits per heavy atom. The second-order valence-electron chi connectivity index (χ2n) is 4.05. The first-order valence-electron chi connectivity index (χ1n) is 5.74. The van der Waals surface area contributed by atoms with Crippen molar-refractivity contribution in [3.05, 3.63) is 57.2 Å². The monoisotopic (exact) mass is 294 g/mol. The number of nitro groups is 1. The predicted molar refractivity (Wildman–Crippen MR) is 73.1 cm³/mol. The van der Waals surface area contributed by atoms with Crippen molar-refractivity contribution in [3.8, 4) is 11.6 Å². The summed E-state index contributed by atoms with van der Waals surface area (Å²) in [6.45, 7) is 1.59. The molecule has 6 nitrogen and oxygen atoms in total. The van der Waals surface area contributed by atoms with Gasteiger partial charge in [0.2, 0.25) is 5.88 Å². The van der Waals surface area contributed by atoms with Crippen LogP contribution in [0.4, 0.5) is 5.69 Å². The quantitative estimate of drug-likeness (QED) is 0.689. The minimum absolute atomic E-state index is 0.0259. The van der Waals surface area contributed by atoms with Crippen molar-refractivity contribution in [2.75, 3.05) is 0 Å². The molecule has 1 heterocycles. The average Bonchev–Trinajstić information content (AvgIpc) is 2.38. The Labute approximate surface area is 119 Å². The molecule has 0 aliphatic heterocycles. The number of aliphatic hydroxyl groups excluding tert-OH is 1. The van der Waals surface area contributed by atoms with E-state index in [4.69, 9.17) is 16.3 Å². The molecule has 0 saturated heterocycles. The Morgan fingerprint density at radius 3 is 2.80 bits per heavy atom. The predicted octanol–water partition coefficient (Wildman–Crippen LogP) is 3.49. The zero-order valence-electron chi connectivity index (χ0n) is 10.5. The summed E-state index contributed by atoms with van der Waals surface area (Å²) in [4.78, 5) is 14.1. The lowest BCUT2D eigenvalue weighted by molar-refractivity contribution is -0.384. The van der Waals surface area contributed by atoms with Crippen LogP contribution in [0.3, 0.4) is 0 Å². The molecule has 1 aromatic heterocycles. The number of aliphatic hydroxyl groups is 1. The zero-order chi connectivity index (χ0) is 14.7. The largest absolute Gasteiger partial charge is 0.439 e. The van der Waals surface area contributed by atoms with E-state index in [1.54, 1.807) is 19.1 Å². The normalized spacial score (nSPS) is 11.9. The van der Waals surface area contributed by atoms with Crippen molar-refractivity contribution in [2.24, 2.45) is 0 Å². The van der Waals surface area contributed by atoms with Gasteiger partial charge in [-0.25, -0.2) is 4.98 Å². The first kappa shape index (κ1) is 14.2. The second kappa shape index (κ2) is 5.85. The highest BCUT2D eigenvalue weighted by molar-refractivity contribution is 6.32. The SMILES string of the molecule is C[C@H](O)c1cccnc1Oc1ccc([N+](=O)[O-])c(Cl)c1. The Kier molecular flexibility index (Phi) is 4.16. The number of nitrogens with zero attached hydrogens (tertiary/aromatic N) is 2. The fraction of sp³-hybridized carbons (Fsp3) is 0.154. The van der Waals surface area contributed by atoms with Gasteiger partial charge >= 0.3 is 0 Å². The van der Waals surface area contributed by atoms with Gasteiger partial charge in [-0.2, -0.15) is 0 Å².